The predicted octanol–water partition coefficient (Wildman–Crippen LogP) is 2.02. The first-order valence-electron chi connectivity index (χ1n) is 7.72. The van der Waals surface area contributed by atoms with Gasteiger partial charge in [-0.15, -0.1) is 0 Å². The Morgan fingerprint density at radius 1 is 1.14 bits per heavy atom. The molecule has 0 radical (unpaired) electrons. The van der Waals surface area contributed by atoms with Gasteiger partial charge in [-0.25, -0.2) is 0 Å². The van der Waals surface area contributed by atoms with Gasteiger partial charge < -0.3 is 10.3 Å². The van der Waals surface area contributed by atoms with E-state index in [1.54, 1.807) is 0 Å². The van der Waals surface area contributed by atoms with Crippen molar-refractivity contribution in [3.8, 4) is 0 Å². The second-order valence-corrected chi connectivity index (χ2v) is 7.04. The van der Waals surface area contributed by atoms with Crippen molar-refractivity contribution in [2.24, 2.45) is 0 Å². The van der Waals surface area contributed by atoms with Crippen LogP contribution in [0.5, 0.6) is 0 Å². The van der Waals surface area contributed by atoms with Crippen molar-refractivity contribution in [2.45, 2.75) is 12.6 Å². The summed E-state index contributed by atoms with van der Waals surface area (Å²) in [6, 6.07) is 7.24. The lowest BCUT2D eigenvalue weighted by Crippen LogP contribution is -2.61. The summed E-state index contributed by atoms with van der Waals surface area (Å²) in [6.45, 7) is 8.17. The number of nitrogens with one attached hydrogen (secondary N) is 2. The van der Waals surface area contributed by atoms with Crippen molar-refractivity contribution in [1.82, 2.24) is 20.1 Å². The third kappa shape index (κ3) is 2.75. The van der Waals surface area contributed by atoms with Crippen LogP contribution in [0.1, 0.15) is 5.56 Å². The summed E-state index contributed by atoms with van der Waals surface area (Å²) in [6.07, 6.45) is 2.17. The maximum atomic E-state index is 3.57. The fraction of sp³-hybridized carbons (Fsp3) is 0.500. The molecule has 0 atom stereocenters. The van der Waals surface area contributed by atoms with E-state index in [0.29, 0.717) is 0 Å². The molecule has 21 heavy (non-hydrogen) atoms. The second kappa shape index (κ2) is 5.72. The van der Waals surface area contributed by atoms with E-state index < -0.39 is 0 Å². The van der Waals surface area contributed by atoms with Gasteiger partial charge in [0.15, 0.2) is 0 Å². The van der Waals surface area contributed by atoms with Crippen LogP contribution in [0, 0.1) is 0 Å². The number of aromatic nitrogens is 1. The van der Waals surface area contributed by atoms with E-state index in [1.807, 2.05) is 0 Å². The van der Waals surface area contributed by atoms with Crippen LogP contribution in [0.4, 0.5) is 0 Å². The predicted molar refractivity (Wildman–Crippen MR) is 89.5 cm³/mol. The van der Waals surface area contributed by atoms with E-state index in [9.17, 15) is 0 Å². The van der Waals surface area contributed by atoms with E-state index in [-0.39, 0.29) is 0 Å². The van der Waals surface area contributed by atoms with Crippen molar-refractivity contribution in [2.75, 3.05) is 39.3 Å². The van der Waals surface area contributed by atoms with Gasteiger partial charge >= 0.3 is 0 Å². The molecule has 2 aromatic rings. The number of hydrogen-bond donors (Lipinski definition) is 2. The van der Waals surface area contributed by atoms with Crippen LogP contribution in [0.3, 0.4) is 0 Å². The molecule has 4 nitrogen and oxygen atoms in total. The zero-order valence-corrected chi connectivity index (χ0v) is 13.7. The summed E-state index contributed by atoms with van der Waals surface area (Å²) in [5.74, 6) is 0. The molecule has 112 valence electrons. The van der Waals surface area contributed by atoms with Crippen LogP contribution in [0.15, 0.2) is 28.9 Å². The molecule has 2 N–H and O–H groups in total. The minimum Gasteiger partial charge on any atom is -0.361 e. The summed E-state index contributed by atoms with van der Waals surface area (Å²) in [7, 11) is 0. The molecule has 2 fully saturated rings. The standard InChI is InChI=1S/C16H21BrN4/c17-13-1-2-16-15(7-13)12(8-19-16)11-20-3-5-21(6-4-20)14-9-18-10-14/h1-2,7-8,14,18-19H,3-6,9-11H2. The van der Waals surface area contributed by atoms with Crippen LogP contribution in [-0.2, 0) is 6.54 Å². The van der Waals surface area contributed by atoms with Crippen molar-refractivity contribution in [3.05, 3.63) is 34.4 Å². The van der Waals surface area contributed by atoms with Gasteiger partial charge in [0.25, 0.3) is 0 Å². The molecular formula is C16H21BrN4. The third-order valence-corrected chi connectivity index (χ3v) is 5.30. The lowest BCUT2D eigenvalue weighted by atomic mass is 10.1. The number of fused-ring (bicyclic) bond motifs is 1. The van der Waals surface area contributed by atoms with E-state index in [1.165, 1.54) is 55.7 Å². The average molecular weight is 349 g/mol. The quantitative estimate of drug-likeness (QED) is 0.890. The number of hydrogen-bond acceptors (Lipinski definition) is 3. The van der Waals surface area contributed by atoms with Gasteiger partial charge in [-0.05, 0) is 23.8 Å². The van der Waals surface area contributed by atoms with Gasteiger partial charge in [0.05, 0.1) is 0 Å². The molecule has 3 heterocycles. The highest BCUT2D eigenvalue weighted by Gasteiger charge is 2.27. The molecule has 2 aliphatic rings. The monoisotopic (exact) mass is 348 g/mol. The largest absolute Gasteiger partial charge is 0.361 e. The number of aromatic amines is 1. The fourth-order valence-corrected chi connectivity index (χ4v) is 3.70. The minimum atomic E-state index is 0.788. The normalized spacial score (nSPS) is 21.8. The molecule has 2 saturated heterocycles. The smallest absolute Gasteiger partial charge is 0.0458 e. The molecule has 1 aromatic heterocycles. The average Bonchev–Trinajstić information content (AvgIpc) is 2.82. The summed E-state index contributed by atoms with van der Waals surface area (Å²) in [4.78, 5) is 8.60. The Kier molecular flexibility index (Phi) is 3.75. The first-order chi connectivity index (χ1) is 10.3. The van der Waals surface area contributed by atoms with Crippen LogP contribution in [0.2, 0.25) is 0 Å². The summed E-state index contributed by atoms with van der Waals surface area (Å²) in [5, 5.41) is 4.71. The zero-order valence-electron chi connectivity index (χ0n) is 12.1. The Balaban J connectivity index is 1.42. The van der Waals surface area contributed by atoms with Gasteiger partial charge in [0.1, 0.15) is 0 Å². The van der Waals surface area contributed by atoms with Crippen molar-refractivity contribution >= 4 is 26.8 Å². The lowest BCUT2D eigenvalue weighted by Gasteiger charge is -2.43. The fourth-order valence-electron chi connectivity index (χ4n) is 3.34. The molecule has 0 spiro atoms. The van der Waals surface area contributed by atoms with Crippen molar-refractivity contribution in [3.63, 3.8) is 0 Å². The molecule has 0 bridgehead atoms. The number of benzene rings is 1. The third-order valence-electron chi connectivity index (χ3n) is 4.81. The number of rotatable bonds is 3. The van der Waals surface area contributed by atoms with E-state index >= 15 is 0 Å². The maximum absolute atomic E-state index is 3.57. The number of H-pyrrole nitrogens is 1. The van der Waals surface area contributed by atoms with Gasteiger partial charge in [0.2, 0.25) is 0 Å². The molecule has 5 heteroatoms. The number of piperazine rings is 1. The SMILES string of the molecule is Brc1ccc2[nH]cc(CN3CCN(C4CNC4)CC3)c2c1. The molecule has 0 amide bonds. The van der Waals surface area contributed by atoms with Crippen molar-refractivity contribution in [1.29, 1.82) is 0 Å². The lowest BCUT2D eigenvalue weighted by molar-refractivity contribution is 0.0697. The molecule has 0 aliphatic carbocycles. The van der Waals surface area contributed by atoms with E-state index in [0.717, 1.165) is 17.1 Å². The molecule has 0 saturated carbocycles. The van der Waals surface area contributed by atoms with Gasteiger partial charge in [-0.3, -0.25) is 9.80 Å². The highest BCUT2D eigenvalue weighted by atomic mass is 79.9. The summed E-state index contributed by atoms with van der Waals surface area (Å²) >= 11 is 3.57. The van der Waals surface area contributed by atoms with Crippen molar-refractivity contribution < 1.29 is 0 Å². The Bertz CT molecular complexity index is 626. The Morgan fingerprint density at radius 2 is 1.95 bits per heavy atom. The maximum Gasteiger partial charge on any atom is 0.0458 e. The summed E-state index contributed by atoms with van der Waals surface area (Å²) < 4.78 is 1.15. The molecular weight excluding hydrogens is 328 g/mol. The summed E-state index contributed by atoms with van der Waals surface area (Å²) in [5.41, 5.74) is 2.64. The van der Waals surface area contributed by atoms with Gasteiger partial charge in [-0.1, -0.05) is 15.9 Å². The highest BCUT2D eigenvalue weighted by Crippen LogP contribution is 2.24. The molecule has 0 unspecified atom stereocenters. The molecule has 4 rings (SSSR count). The van der Waals surface area contributed by atoms with Crippen LogP contribution in [-0.4, -0.2) is 60.1 Å². The number of halogens is 1. The molecule has 2 aliphatic heterocycles. The van der Waals surface area contributed by atoms with E-state index in [4.69, 9.17) is 0 Å². The second-order valence-electron chi connectivity index (χ2n) is 6.13. The Labute approximate surface area is 133 Å². The number of nitrogens with zero attached hydrogens (tertiary/aromatic N) is 2. The van der Waals surface area contributed by atoms with Gasteiger partial charge in [-0.2, -0.15) is 0 Å². The Hall–Kier alpha value is -0.880. The minimum absolute atomic E-state index is 0.788. The van der Waals surface area contributed by atoms with Crippen LogP contribution in [0.25, 0.3) is 10.9 Å². The Morgan fingerprint density at radius 3 is 2.67 bits per heavy atom. The van der Waals surface area contributed by atoms with Gasteiger partial charge in [0, 0.05) is 73.4 Å². The van der Waals surface area contributed by atoms with Crippen LogP contribution >= 0.6 is 15.9 Å². The first-order valence-corrected chi connectivity index (χ1v) is 8.51. The molecule has 1 aromatic carbocycles. The highest BCUT2D eigenvalue weighted by molar-refractivity contribution is 9.10. The topological polar surface area (TPSA) is 34.3 Å². The zero-order chi connectivity index (χ0) is 14.2. The van der Waals surface area contributed by atoms with Crippen LogP contribution < -0.4 is 5.32 Å². The van der Waals surface area contributed by atoms with E-state index in [2.05, 4.69) is 60.4 Å². The first kappa shape index (κ1) is 13.8.